The van der Waals surface area contributed by atoms with Crippen LogP contribution < -0.4 is 0 Å². The van der Waals surface area contributed by atoms with Crippen LogP contribution in [0.25, 0.3) is 0 Å². The van der Waals surface area contributed by atoms with Crippen molar-refractivity contribution in [2.24, 2.45) is 0 Å². The molecule has 1 spiro atoms. The monoisotopic (exact) mass is 187 g/mol. The van der Waals surface area contributed by atoms with Crippen LogP contribution >= 0.6 is 0 Å². The zero-order valence-corrected chi connectivity index (χ0v) is 8.07. The highest BCUT2D eigenvalue weighted by Gasteiger charge is 2.37. The van der Waals surface area contributed by atoms with Crippen LogP contribution in [0.15, 0.2) is 30.5 Å². The van der Waals surface area contributed by atoms with Crippen LogP contribution in [0.3, 0.4) is 0 Å². The van der Waals surface area contributed by atoms with Crippen LogP contribution in [0.2, 0.25) is 0 Å². The fourth-order valence-electron chi connectivity index (χ4n) is 2.76. The van der Waals surface area contributed by atoms with Crippen LogP contribution in [0.1, 0.15) is 36.2 Å². The third-order valence-corrected chi connectivity index (χ3v) is 3.50. The van der Waals surface area contributed by atoms with Gasteiger partial charge in [-0.1, -0.05) is 18.9 Å². The molecule has 2 aliphatic rings. The SMILES string of the molecule is O=C1C=CC2(CCCC2)n2cccc21. The molecule has 0 radical (unpaired) electrons. The quantitative estimate of drug-likeness (QED) is 0.611. The number of carbonyl (C=O) groups excluding carboxylic acids is 1. The molecule has 2 heteroatoms. The van der Waals surface area contributed by atoms with E-state index in [4.69, 9.17) is 0 Å². The lowest BCUT2D eigenvalue weighted by Gasteiger charge is -2.32. The largest absolute Gasteiger partial charge is 0.335 e. The standard InChI is InChI=1S/C12H13NO/c14-11-5-8-12(6-1-2-7-12)13-9-3-4-10(11)13/h3-5,8-9H,1-2,6-7H2. The molecular formula is C12H13NO. The molecule has 1 saturated carbocycles. The zero-order valence-electron chi connectivity index (χ0n) is 8.07. The van der Waals surface area contributed by atoms with E-state index in [0.717, 1.165) is 5.69 Å². The highest BCUT2D eigenvalue weighted by atomic mass is 16.1. The summed E-state index contributed by atoms with van der Waals surface area (Å²) in [5.74, 6) is 0.146. The lowest BCUT2D eigenvalue weighted by molar-refractivity contribution is 0.102. The summed E-state index contributed by atoms with van der Waals surface area (Å²) >= 11 is 0. The van der Waals surface area contributed by atoms with Gasteiger partial charge in [-0.25, -0.2) is 0 Å². The van der Waals surface area contributed by atoms with Gasteiger partial charge in [0, 0.05) is 6.20 Å². The van der Waals surface area contributed by atoms with E-state index >= 15 is 0 Å². The summed E-state index contributed by atoms with van der Waals surface area (Å²) in [5.41, 5.74) is 0.988. The first-order valence-electron chi connectivity index (χ1n) is 5.23. The van der Waals surface area contributed by atoms with Crippen molar-refractivity contribution >= 4 is 5.78 Å². The molecule has 0 bridgehead atoms. The van der Waals surface area contributed by atoms with Crippen LogP contribution in [0.4, 0.5) is 0 Å². The van der Waals surface area contributed by atoms with Gasteiger partial charge in [0.05, 0.1) is 11.2 Å². The van der Waals surface area contributed by atoms with Crippen molar-refractivity contribution in [3.63, 3.8) is 0 Å². The Bertz CT molecular complexity index is 408. The normalized spacial score (nSPS) is 23.0. The number of hydrogen-bond acceptors (Lipinski definition) is 1. The second-order valence-corrected chi connectivity index (χ2v) is 4.27. The van der Waals surface area contributed by atoms with E-state index in [1.807, 2.05) is 18.3 Å². The Labute approximate surface area is 83.2 Å². The number of ketones is 1. The minimum atomic E-state index is 0.132. The summed E-state index contributed by atoms with van der Waals surface area (Å²) in [6, 6.07) is 3.90. The number of rotatable bonds is 0. The first-order chi connectivity index (χ1) is 6.82. The molecular weight excluding hydrogens is 174 g/mol. The predicted octanol–water partition coefficient (Wildman–Crippen LogP) is 2.51. The number of allylic oxidation sites excluding steroid dienone is 2. The number of carbonyl (C=O) groups is 1. The molecule has 0 saturated heterocycles. The summed E-state index contributed by atoms with van der Waals surface area (Å²) in [4.78, 5) is 11.6. The Morgan fingerprint density at radius 2 is 2.07 bits per heavy atom. The lowest BCUT2D eigenvalue weighted by atomic mass is 9.92. The van der Waals surface area contributed by atoms with Gasteiger partial charge in [0.1, 0.15) is 0 Å². The molecule has 2 nitrogen and oxygen atoms in total. The summed E-state index contributed by atoms with van der Waals surface area (Å²) in [5, 5.41) is 0. The Balaban J connectivity index is 2.18. The van der Waals surface area contributed by atoms with Crippen molar-refractivity contribution in [3.8, 4) is 0 Å². The van der Waals surface area contributed by atoms with Gasteiger partial charge < -0.3 is 4.57 Å². The topological polar surface area (TPSA) is 22.0 Å². The Morgan fingerprint density at radius 3 is 2.86 bits per heavy atom. The summed E-state index contributed by atoms with van der Waals surface area (Å²) in [7, 11) is 0. The van der Waals surface area contributed by atoms with Gasteiger partial charge in [0.25, 0.3) is 0 Å². The number of fused-ring (bicyclic) bond motifs is 2. The van der Waals surface area contributed by atoms with Crippen molar-refractivity contribution in [3.05, 3.63) is 36.2 Å². The van der Waals surface area contributed by atoms with Gasteiger partial charge in [0.2, 0.25) is 5.78 Å². The smallest absolute Gasteiger partial charge is 0.201 e. The Morgan fingerprint density at radius 1 is 1.29 bits per heavy atom. The first kappa shape index (κ1) is 8.04. The maximum absolute atomic E-state index is 11.6. The number of aromatic nitrogens is 1. The van der Waals surface area contributed by atoms with Crippen molar-refractivity contribution in [1.29, 1.82) is 0 Å². The van der Waals surface area contributed by atoms with E-state index in [9.17, 15) is 4.79 Å². The van der Waals surface area contributed by atoms with E-state index in [2.05, 4.69) is 10.6 Å². The molecule has 1 aliphatic heterocycles. The average Bonchev–Trinajstić information content (AvgIpc) is 2.82. The van der Waals surface area contributed by atoms with Crippen LogP contribution in [0, 0.1) is 0 Å². The van der Waals surface area contributed by atoms with Gasteiger partial charge in [-0.2, -0.15) is 0 Å². The predicted molar refractivity (Wildman–Crippen MR) is 54.3 cm³/mol. The second-order valence-electron chi connectivity index (χ2n) is 4.27. The zero-order chi connectivity index (χ0) is 9.60. The summed E-state index contributed by atoms with van der Waals surface area (Å²) in [6.07, 6.45) is 10.8. The minimum Gasteiger partial charge on any atom is -0.335 e. The molecule has 0 atom stereocenters. The Hall–Kier alpha value is -1.31. The van der Waals surface area contributed by atoms with Gasteiger partial charge >= 0.3 is 0 Å². The van der Waals surface area contributed by atoms with E-state index in [1.165, 1.54) is 25.7 Å². The number of nitrogens with zero attached hydrogens (tertiary/aromatic N) is 1. The van der Waals surface area contributed by atoms with E-state index in [1.54, 1.807) is 6.08 Å². The molecule has 0 aromatic carbocycles. The fourth-order valence-corrected chi connectivity index (χ4v) is 2.76. The van der Waals surface area contributed by atoms with Crippen molar-refractivity contribution in [2.45, 2.75) is 31.2 Å². The fraction of sp³-hybridized carbons (Fsp3) is 0.417. The molecule has 0 unspecified atom stereocenters. The lowest BCUT2D eigenvalue weighted by Crippen LogP contribution is -2.33. The van der Waals surface area contributed by atoms with E-state index in [0.29, 0.717) is 0 Å². The minimum absolute atomic E-state index is 0.132. The molecule has 0 N–H and O–H groups in total. The average molecular weight is 187 g/mol. The van der Waals surface area contributed by atoms with Crippen molar-refractivity contribution in [2.75, 3.05) is 0 Å². The van der Waals surface area contributed by atoms with Gasteiger partial charge in [-0.15, -0.1) is 0 Å². The maximum atomic E-state index is 11.6. The third-order valence-electron chi connectivity index (χ3n) is 3.50. The van der Waals surface area contributed by atoms with Crippen LogP contribution in [0.5, 0.6) is 0 Å². The van der Waals surface area contributed by atoms with Crippen LogP contribution in [-0.2, 0) is 5.54 Å². The van der Waals surface area contributed by atoms with Crippen molar-refractivity contribution in [1.82, 2.24) is 4.57 Å². The molecule has 0 amide bonds. The molecule has 2 heterocycles. The highest BCUT2D eigenvalue weighted by Crippen LogP contribution is 2.40. The summed E-state index contributed by atoms with van der Waals surface area (Å²) < 4.78 is 2.17. The van der Waals surface area contributed by atoms with Gasteiger partial charge in [-0.05, 0) is 31.1 Å². The van der Waals surface area contributed by atoms with Gasteiger partial charge in [-0.3, -0.25) is 4.79 Å². The third kappa shape index (κ3) is 0.884. The molecule has 14 heavy (non-hydrogen) atoms. The van der Waals surface area contributed by atoms with Crippen LogP contribution in [-0.4, -0.2) is 10.4 Å². The molecule has 1 aromatic heterocycles. The molecule has 3 rings (SSSR count). The molecule has 72 valence electrons. The second kappa shape index (κ2) is 2.59. The Kier molecular flexibility index (Phi) is 1.49. The molecule has 1 aliphatic carbocycles. The van der Waals surface area contributed by atoms with E-state index < -0.39 is 0 Å². The first-order valence-corrected chi connectivity index (χ1v) is 5.23. The maximum Gasteiger partial charge on any atom is 0.201 e. The van der Waals surface area contributed by atoms with Gasteiger partial charge in [0.15, 0.2) is 0 Å². The molecule has 1 fully saturated rings. The highest BCUT2D eigenvalue weighted by molar-refractivity contribution is 6.04. The van der Waals surface area contributed by atoms with Crippen molar-refractivity contribution < 1.29 is 4.79 Å². The summed E-state index contributed by atoms with van der Waals surface area (Å²) in [6.45, 7) is 0. The van der Waals surface area contributed by atoms with E-state index in [-0.39, 0.29) is 11.3 Å². The number of hydrogen-bond donors (Lipinski definition) is 0. The molecule has 1 aromatic rings.